The Balaban J connectivity index is 1.48. The Hall–Kier alpha value is -1.84. The van der Waals surface area contributed by atoms with Crippen molar-refractivity contribution in [2.24, 2.45) is 5.92 Å². The highest BCUT2D eigenvalue weighted by Crippen LogP contribution is 2.36. The average Bonchev–Trinajstić information content (AvgIpc) is 2.69. The number of piperidine rings is 1. The molecule has 2 heterocycles. The van der Waals surface area contributed by atoms with Crippen molar-refractivity contribution in [1.82, 2.24) is 9.80 Å². The Morgan fingerprint density at radius 2 is 1.79 bits per heavy atom. The van der Waals surface area contributed by atoms with E-state index in [9.17, 15) is 22.8 Å². The molecule has 0 bridgehead atoms. The van der Waals surface area contributed by atoms with Gasteiger partial charge in [-0.05, 0) is 44.1 Å². The van der Waals surface area contributed by atoms with Gasteiger partial charge in [0.1, 0.15) is 0 Å². The zero-order valence-corrected chi connectivity index (χ0v) is 16.6. The lowest BCUT2D eigenvalue weighted by Gasteiger charge is -2.35. The molecule has 6 nitrogen and oxygen atoms in total. The van der Waals surface area contributed by atoms with Crippen molar-refractivity contribution in [3.8, 4) is 0 Å². The molecule has 2 saturated heterocycles. The lowest BCUT2D eigenvalue weighted by atomic mass is 9.95. The summed E-state index contributed by atoms with van der Waals surface area (Å²) < 4.78 is 44.1. The van der Waals surface area contributed by atoms with Gasteiger partial charge >= 0.3 is 6.18 Å². The third-order valence-corrected chi connectivity index (χ3v) is 5.51. The van der Waals surface area contributed by atoms with E-state index in [2.05, 4.69) is 5.32 Å². The third kappa shape index (κ3) is 5.83. The largest absolute Gasteiger partial charge is 0.417 e. The summed E-state index contributed by atoms with van der Waals surface area (Å²) >= 11 is 5.59. The van der Waals surface area contributed by atoms with Crippen molar-refractivity contribution in [3.63, 3.8) is 0 Å². The number of nitrogens with zero attached hydrogens (tertiary/aromatic N) is 2. The molecule has 3 rings (SSSR count). The Bertz CT molecular complexity index is 746. The average molecular weight is 434 g/mol. The van der Waals surface area contributed by atoms with Gasteiger partial charge in [0, 0.05) is 24.7 Å². The number of benzene rings is 1. The normalized spacial score (nSPS) is 19.2. The highest BCUT2D eigenvalue weighted by atomic mass is 35.5. The second-order valence-corrected chi connectivity index (χ2v) is 7.64. The second kappa shape index (κ2) is 9.32. The first-order chi connectivity index (χ1) is 13.7. The SMILES string of the molecule is O=C(CN1CCC(C(=O)N2CCOCC2)CC1)Nc1ccc(Cl)c(C(F)(F)F)c1. The molecule has 2 fully saturated rings. The monoisotopic (exact) mass is 433 g/mol. The number of rotatable bonds is 4. The molecule has 1 N–H and O–H groups in total. The molecule has 29 heavy (non-hydrogen) atoms. The van der Waals surface area contributed by atoms with Crippen LogP contribution in [0.15, 0.2) is 18.2 Å². The highest BCUT2D eigenvalue weighted by molar-refractivity contribution is 6.31. The van der Waals surface area contributed by atoms with Gasteiger partial charge in [-0.3, -0.25) is 14.5 Å². The maximum absolute atomic E-state index is 12.9. The lowest BCUT2D eigenvalue weighted by Crippen LogP contribution is -2.47. The fourth-order valence-electron chi connectivity index (χ4n) is 3.60. The molecule has 2 aliphatic rings. The van der Waals surface area contributed by atoms with Crippen LogP contribution in [-0.4, -0.2) is 67.6 Å². The number of carbonyl (C=O) groups is 2. The molecule has 0 aromatic heterocycles. The van der Waals surface area contributed by atoms with Gasteiger partial charge in [-0.1, -0.05) is 11.6 Å². The minimum atomic E-state index is -4.59. The van der Waals surface area contributed by atoms with E-state index < -0.39 is 22.7 Å². The van der Waals surface area contributed by atoms with Gasteiger partial charge in [0.05, 0.1) is 30.3 Å². The van der Waals surface area contributed by atoms with Gasteiger partial charge in [-0.25, -0.2) is 0 Å². The van der Waals surface area contributed by atoms with Gasteiger partial charge in [-0.2, -0.15) is 13.2 Å². The molecule has 0 saturated carbocycles. The highest BCUT2D eigenvalue weighted by Gasteiger charge is 2.34. The number of carbonyl (C=O) groups excluding carboxylic acids is 2. The summed E-state index contributed by atoms with van der Waals surface area (Å²) in [4.78, 5) is 28.5. The third-order valence-electron chi connectivity index (χ3n) is 5.18. The first-order valence-corrected chi connectivity index (χ1v) is 9.87. The van der Waals surface area contributed by atoms with E-state index in [1.54, 1.807) is 0 Å². The molecule has 160 valence electrons. The van der Waals surface area contributed by atoms with Crippen molar-refractivity contribution in [3.05, 3.63) is 28.8 Å². The van der Waals surface area contributed by atoms with Crippen molar-refractivity contribution < 1.29 is 27.5 Å². The molecule has 0 aliphatic carbocycles. The zero-order chi connectivity index (χ0) is 21.0. The number of alkyl halides is 3. The van der Waals surface area contributed by atoms with Crippen LogP contribution >= 0.6 is 11.6 Å². The second-order valence-electron chi connectivity index (χ2n) is 7.23. The van der Waals surface area contributed by atoms with Crippen LogP contribution in [0.2, 0.25) is 5.02 Å². The van der Waals surface area contributed by atoms with E-state index in [0.29, 0.717) is 52.2 Å². The molecule has 0 spiro atoms. The molecule has 0 unspecified atom stereocenters. The summed E-state index contributed by atoms with van der Waals surface area (Å²) in [5.74, 6) is -0.324. The van der Waals surface area contributed by atoms with Gasteiger partial charge in [0.2, 0.25) is 11.8 Å². The number of ether oxygens (including phenoxy) is 1. The molecule has 0 atom stereocenters. The first-order valence-electron chi connectivity index (χ1n) is 9.49. The number of hydrogen-bond donors (Lipinski definition) is 1. The van der Waals surface area contributed by atoms with Crippen molar-refractivity contribution in [2.75, 3.05) is 51.3 Å². The Morgan fingerprint density at radius 1 is 1.14 bits per heavy atom. The van der Waals surface area contributed by atoms with Crippen LogP contribution < -0.4 is 5.32 Å². The number of hydrogen-bond acceptors (Lipinski definition) is 4. The van der Waals surface area contributed by atoms with Crippen LogP contribution in [-0.2, 0) is 20.5 Å². The summed E-state index contributed by atoms with van der Waals surface area (Å²) in [5.41, 5.74) is -0.941. The van der Waals surface area contributed by atoms with E-state index >= 15 is 0 Å². The molecule has 1 aromatic carbocycles. The van der Waals surface area contributed by atoms with Crippen LogP contribution in [0.3, 0.4) is 0 Å². The quantitative estimate of drug-likeness (QED) is 0.793. The van der Waals surface area contributed by atoms with E-state index in [0.717, 1.165) is 12.1 Å². The zero-order valence-electron chi connectivity index (χ0n) is 15.8. The van der Waals surface area contributed by atoms with Crippen LogP contribution in [0.1, 0.15) is 18.4 Å². The van der Waals surface area contributed by atoms with Gasteiger partial charge < -0.3 is 15.0 Å². The molecule has 10 heteroatoms. The van der Waals surface area contributed by atoms with Crippen molar-refractivity contribution >= 4 is 29.1 Å². The number of halogens is 4. The molecule has 0 radical (unpaired) electrons. The predicted molar refractivity (Wildman–Crippen MR) is 102 cm³/mol. The van der Waals surface area contributed by atoms with Crippen LogP contribution in [0.25, 0.3) is 0 Å². The number of nitrogens with one attached hydrogen (secondary N) is 1. The van der Waals surface area contributed by atoms with E-state index in [4.69, 9.17) is 16.3 Å². The summed E-state index contributed by atoms with van der Waals surface area (Å²) in [6.07, 6.45) is -3.28. The van der Waals surface area contributed by atoms with Crippen molar-refractivity contribution in [2.45, 2.75) is 19.0 Å². The van der Waals surface area contributed by atoms with E-state index in [1.807, 2.05) is 9.80 Å². The minimum Gasteiger partial charge on any atom is -0.378 e. The van der Waals surface area contributed by atoms with Crippen LogP contribution in [0, 0.1) is 5.92 Å². The van der Waals surface area contributed by atoms with Crippen LogP contribution in [0.5, 0.6) is 0 Å². The molecule has 1 aromatic rings. The van der Waals surface area contributed by atoms with Crippen LogP contribution in [0.4, 0.5) is 18.9 Å². The standard InChI is InChI=1S/C19H23ClF3N3O3/c20-16-2-1-14(11-15(16)19(21,22)23)24-17(27)12-25-5-3-13(4-6-25)18(28)26-7-9-29-10-8-26/h1-2,11,13H,3-10,12H2,(H,24,27). The summed E-state index contributed by atoms with van der Waals surface area (Å²) in [5, 5.41) is 2.07. The minimum absolute atomic E-state index is 0.0455. The Kier molecular flexibility index (Phi) is 7.02. The number of amides is 2. The van der Waals surface area contributed by atoms with Gasteiger partial charge in [0.15, 0.2) is 0 Å². The number of likely N-dealkylation sites (tertiary alicyclic amines) is 1. The first kappa shape index (κ1) is 21.9. The smallest absolute Gasteiger partial charge is 0.378 e. The van der Waals surface area contributed by atoms with E-state index in [-0.39, 0.29) is 24.1 Å². The van der Waals surface area contributed by atoms with E-state index in [1.165, 1.54) is 6.07 Å². The summed E-state index contributed by atoms with van der Waals surface area (Å²) in [6.45, 7) is 3.58. The van der Waals surface area contributed by atoms with Crippen molar-refractivity contribution in [1.29, 1.82) is 0 Å². The lowest BCUT2D eigenvalue weighted by molar-refractivity contribution is -0.141. The molecule has 2 aliphatic heterocycles. The van der Waals surface area contributed by atoms with Gasteiger partial charge in [0.25, 0.3) is 0 Å². The summed E-state index contributed by atoms with van der Waals surface area (Å²) in [6, 6.07) is 3.28. The summed E-state index contributed by atoms with van der Waals surface area (Å²) in [7, 11) is 0. The molecule has 2 amide bonds. The Morgan fingerprint density at radius 3 is 2.41 bits per heavy atom. The topological polar surface area (TPSA) is 61.9 Å². The fraction of sp³-hybridized carbons (Fsp3) is 0.579. The number of morpholine rings is 1. The maximum atomic E-state index is 12.9. The fourth-order valence-corrected chi connectivity index (χ4v) is 3.83. The number of anilines is 1. The predicted octanol–water partition coefficient (Wildman–Crippen LogP) is 2.87. The molecular formula is C19H23ClF3N3O3. The molecular weight excluding hydrogens is 411 g/mol. The maximum Gasteiger partial charge on any atom is 0.417 e. The Labute approximate surface area is 171 Å². The van der Waals surface area contributed by atoms with Gasteiger partial charge in [-0.15, -0.1) is 0 Å².